The molecule has 3 N–H and O–H groups in total. The van der Waals surface area contributed by atoms with E-state index in [9.17, 15) is 4.79 Å². The van der Waals surface area contributed by atoms with Crippen molar-refractivity contribution in [2.75, 3.05) is 19.0 Å². The van der Waals surface area contributed by atoms with Gasteiger partial charge in [0.05, 0.1) is 12.0 Å². The number of rotatable bonds is 7. The van der Waals surface area contributed by atoms with E-state index in [0.717, 1.165) is 15.8 Å². The average molecular weight is 386 g/mol. The van der Waals surface area contributed by atoms with Gasteiger partial charge in [-0.05, 0) is 41.8 Å². The highest BCUT2D eigenvalue weighted by molar-refractivity contribution is 7.20. The van der Waals surface area contributed by atoms with Crippen molar-refractivity contribution in [2.24, 2.45) is 0 Å². The average Bonchev–Trinajstić information content (AvgIpc) is 3.29. The summed E-state index contributed by atoms with van der Waals surface area (Å²) in [5.41, 5.74) is 2.54. The molecule has 27 heavy (non-hydrogen) atoms. The molecular weight excluding hydrogens is 368 g/mol. The first kappa shape index (κ1) is 17.6. The van der Waals surface area contributed by atoms with Gasteiger partial charge >= 0.3 is 0 Å². The fraction of sp³-hybridized carbons (Fsp3) is 0.211. The Bertz CT molecular complexity index is 974. The second-order valence-electron chi connectivity index (χ2n) is 6.01. The van der Waals surface area contributed by atoms with E-state index >= 15 is 0 Å². The number of methoxy groups -OCH3 is 1. The van der Waals surface area contributed by atoms with Crippen LogP contribution in [0.4, 0.5) is 5.69 Å². The fourth-order valence-electron chi connectivity index (χ4n) is 2.77. The maximum absolute atomic E-state index is 11.5. The molecule has 2 aromatic carbocycles. The monoisotopic (exact) mass is 386 g/mol. The summed E-state index contributed by atoms with van der Waals surface area (Å²) in [7, 11) is 1.61. The number of epoxide rings is 1. The van der Waals surface area contributed by atoms with Gasteiger partial charge in [-0.1, -0.05) is 12.1 Å². The van der Waals surface area contributed by atoms with E-state index < -0.39 is 5.91 Å². The van der Waals surface area contributed by atoms with E-state index in [-0.39, 0.29) is 12.3 Å². The lowest BCUT2D eigenvalue weighted by Crippen LogP contribution is -2.16. The van der Waals surface area contributed by atoms with E-state index in [2.05, 4.69) is 5.32 Å². The zero-order valence-corrected chi connectivity index (χ0v) is 15.3. The highest BCUT2D eigenvalue weighted by Crippen LogP contribution is 2.32. The van der Waals surface area contributed by atoms with Crippen LogP contribution in [0.3, 0.4) is 0 Å². The van der Waals surface area contributed by atoms with Crippen molar-refractivity contribution >= 4 is 33.0 Å². The smallest absolute Gasteiger partial charge is 0.284 e. The molecule has 0 spiro atoms. The molecule has 1 saturated heterocycles. The molecule has 7 nitrogen and oxygen atoms in total. The van der Waals surface area contributed by atoms with E-state index in [1.165, 1.54) is 11.3 Å². The number of nitrogens with one attached hydrogen (secondary N) is 2. The third-order valence-corrected chi connectivity index (χ3v) is 5.32. The maximum atomic E-state index is 11.5. The van der Waals surface area contributed by atoms with Crippen LogP contribution in [-0.2, 0) is 4.74 Å². The van der Waals surface area contributed by atoms with Gasteiger partial charge in [0.1, 0.15) is 12.7 Å². The molecule has 140 valence electrons. The summed E-state index contributed by atoms with van der Waals surface area (Å²) in [5.74, 6) is 0.863. The first-order valence-electron chi connectivity index (χ1n) is 8.34. The van der Waals surface area contributed by atoms with Crippen LogP contribution in [0.25, 0.3) is 10.1 Å². The van der Waals surface area contributed by atoms with Crippen molar-refractivity contribution < 1.29 is 24.2 Å². The molecule has 0 radical (unpaired) electrons. The number of ether oxygens (including phenoxy) is 3. The van der Waals surface area contributed by atoms with Gasteiger partial charge in [0.15, 0.2) is 17.7 Å². The fourth-order valence-corrected chi connectivity index (χ4v) is 3.70. The van der Waals surface area contributed by atoms with Crippen LogP contribution in [0, 0.1) is 0 Å². The summed E-state index contributed by atoms with van der Waals surface area (Å²) in [4.78, 5) is 12.0. The van der Waals surface area contributed by atoms with Crippen molar-refractivity contribution in [2.45, 2.75) is 12.3 Å². The molecule has 2 heterocycles. The molecule has 2 atom stereocenters. The molecule has 1 amide bonds. The Balaban J connectivity index is 1.35. The molecule has 8 heteroatoms. The molecular formula is C19H18N2O5S. The summed E-state index contributed by atoms with van der Waals surface area (Å²) in [6, 6.07) is 15.0. The molecule has 1 aromatic heterocycles. The maximum Gasteiger partial charge on any atom is 0.284 e. The Morgan fingerprint density at radius 1 is 1.22 bits per heavy atom. The Morgan fingerprint density at radius 3 is 2.81 bits per heavy atom. The standard InChI is InChI=1S/C19H18N2O5S/c1-24-13-4-2-3-5-14(13)25-10-15-19(26-15)20-12-6-7-16-11(8-12)9-17(27-16)18(22)21-23/h2-9,15,19-20,23H,10H2,1H3,(H,21,22). The third kappa shape index (κ3) is 3.82. The van der Waals surface area contributed by atoms with Crippen molar-refractivity contribution in [1.82, 2.24) is 5.48 Å². The van der Waals surface area contributed by atoms with Crippen LogP contribution >= 0.6 is 11.3 Å². The molecule has 0 saturated carbocycles. The number of fused-ring (bicyclic) bond motifs is 1. The summed E-state index contributed by atoms with van der Waals surface area (Å²) in [6.07, 6.45) is -0.181. The number of hydroxylamine groups is 1. The van der Waals surface area contributed by atoms with E-state index in [1.54, 1.807) is 18.7 Å². The largest absolute Gasteiger partial charge is 0.493 e. The number of anilines is 1. The van der Waals surface area contributed by atoms with Crippen LogP contribution in [0.5, 0.6) is 11.5 Å². The summed E-state index contributed by atoms with van der Waals surface area (Å²) in [5, 5.41) is 13.0. The summed E-state index contributed by atoms with van der Waals surface area (Å²) < 4.78 is 17.6. The zero-order chi connectivity index (χ0) is 18.8. The highest BCUT2D eigenvalue weighted by Gasteiger charge is 2.39. The number of carbonyl (C=O) groups is 1. The van der Waals surface area contributed by atoms with Gasteiger partial charge in [-0.15, -0.1) is 11.3 Å². The highest BCUT2D eigenvalue weighted by atomic mass is 32.1. The number of benzene rings is 2. The number of para-hydroxylation sites is 2. The first-order valence-corrected chi connectivity index (χ1v) is 9.15. The molecule has 1 aliphatic heterocycles. The zero-order valence-electron chi connectivity index (χ0n) is 14.5. The first-order chi connectivity index (χ1) is 13.2. The van der Waals surface area contributed by atoms with E-state index in [0.29, 0.717) is 23.0 Å². The van der Waals surface area contributed by atoms with Crippen molar-refractivity contribution in [3.63, 3.8) is 0 Å². The molecule has 3 aromatic rings. The van der Waals surface area contributed by atoms with Gasteiger partial charge in [-0.2, -0.15) is 0 Å². The molecule has 4 rings (SSSR count). The van der Waals surface area contributed by atoms with Gasteiger partial charge in [0.25, 0.3) is 5.91 Å². The van der Waals surface area contributed by atoms with Crippen molar-refractivity contribution in [3.8, 4) is 11.5 Å². The Hall–Kier alpha value is -2.81. The number of thiophene rings is 1. The van der Waals surface area contributed by atoms with Gasteiger partial charge in [-0.3, -0.25) is 10.0 Å². The lowest BCUT2D eigenvalue weighted by Gasteiger charge is -2.09. The molecule has 0 aliphatic carbocycles. The van der Waals surface area contributed by atoms with Gasteiger partial charge in [-0.25, -0.2) is 5.48 Å². The minimum Gasteiger partial charge on any atom is -0.493 e. The van der Waals surface area contributed by atoms with Crippen molar-refractivity contribution in [1.29, 1.82) is 0 Å². The van der Waals surface area contributed by atoms with Crippen LogP contribution < -0.4 is 20.3 Å². The van der Waals surface area contributed by atoms with E-state index in [1.807, 2.05) is 42.5 Å². The minimum atomic E-state index is -0.509. The topological polar surface area (TPSA) is 92.4 Å². The number of hydrogen-bond acceptors (Lipinski definition) is 7. The van der Waals surface area contributed by atoms with Crippen LogP contribution in [0.2, 0.25) is 0 Å². The number of amides is 1. The summed E-state index contributed by atoms with van der Waals surface area (Å²) >= 11 is 1.32. The normalized spacial score (nSPS) is 18.1. The molecule has 0 bridgehead atoms. The van der Waals surface area contributed by atoms with Crippen LogP contribution in [0.1, 0.15) is 9.67 Å². The number of hydrogen-bond donors (Lipinski definition) is 3. The summed E-state index contributed by atoms with van der Waals surface area (Å²) in [6.45, 7) is 0.416. The SMILES string of the molecule is COc1ccccc1OCC1OC1Nc1ccc2sc(C(=O)NO)cc2c1. The number of carbonyl (C=O) groups excluding carboxylic acids is 1. The Labute approximate surface area is 159 Å². The quantitative estimate of drug-likeness (QED) is 0.328. The van der Waals surface area contributed by atoms with Crippen LogP contribution in [-0.4, -0.2) is 37.2 Å². The molecule has 1 aliphatic rings. The lowest BCUT2D eigenvalue weighted by atomic mass is 10.2. The Morgan fingerprint density at radius 2 is 2.04 bits per heavy atom. The van der Waals surface area contributed by atoms with Gasteiger partial charge in [0, 0.05) is 10.4 Å². The van der Waals surface area contributed by atoms with Crippen molar-refractivity contribution in [3.05, 3.63) is 53.4 Å². The third-order valence-electron chi connectivity index (χ3n) is 4.21. The van der Waals surface area contributed by atoms with Gasteiger partial charge in [0.2, 0.25) is 0 Å². The Kier molecular flexibility index (Phi) is 4.85. The molecule has 2 unspecified atom stereocenters. The minimum absolute atomic E-state index is 0.0520. The van der Waals surface area contributed by atoms with Gasteiger partial charge < -0.3 is 19.5 Å². The second kappa shape index (κ2) is 7.43. The van der Waals surface area contributed by atoms with E-state index in [4.69, 9.17) is 19.4 Å². The lowest BCUT2D eigenvalue weighted by molar-refractivity contribution is 0.0711. The molecule has 1 fully saturated rings. The van der Waals surface area contributed by atoms with Crippen LogP contribution in [0.15, 0.2) is 48.5 Å². The second-order valence-corrected chi connectivity index (χ2v) is 7.09. The predicted molar refractivity (Wildman–Crippen MR) is 102 cm³/mol. The predicted octanol–water partition coefficient (Wildman–Crippen LogP) is 3.24.